The van der Waals surface area contributed by atoms with Crippen LogP contribution in [0.5, 0.6) is 0 Å². The van der Waals surface area contributed by atoms with Crippen LogP contribution < -0.4 is 11.1 Å². The molecule has 3 nitrogen and oxygen atoms in total. The van der Waals surface area contributed by atoms with Crippen LogP contribution in [0, 0.1) is 0 Å². The largest absolute Gasteiger partial charge is 0.389 e. The Morgan fingerprint density at radius 3 is 2.71 bits per heavy atom. The van der Waals surface area contributed by atoms with E-state index >= 15 is 0 Å². The fourth-order valence-electron chi connectivity index (χ4n) is 1.23. The van der Waals surface area contributed by atoms with Crippen molar-refractivity contribution in [2.24, 2.45) is 5.73 Å². The molecule has 96 valence electrons. The van der Waals surface area contributed by atoms with Crippen LogP contribution in [0.2, 0.25) is 0 Å². The van der Waals surface area contributed by atoms with Gasteiger partial charge in [0.2, 0.25) is 5.91 Å². The van der Waals surface area contributed by atoms with Gasteiger partial charge in [-0.2, -0.15) is 13.2 Å². The van der Waals surface area contributed by atoms with Crippen LogP contribution in [0.15, 0.2) is 11.4 Å². The van der Waals surface area contributed by atoms with Gasteiger partial charge in [0, 0.05) is 23.2 Å². The van der Waals surface area contributed by atoms with Gasteiger partial charge >= 0.3 is 6.18 Å². The van der Waals surface area contributed by atoms with E-state index in [0.717, 1.165) is 4.88 Å². The Hall–Kier alpha value is -1.08. The summed E-state index contributed by atoms with van der Waals surface area (Å²) in [6.45, 7) is 0.749. The van der Waals surface area contributed by atoms with Crippen molar-refractivity contribution in [2.75, 3.05) is 6.54 Å². The molecule has 0 spiro atoms. The van der Waals surface area contributed by atoms with Crippen LogP contribution in [0.25, 0.3) is 0 Å². The molecule has 0 radical (unpaired) electrons. The molecule has 0 aliphatic carbocycles. The zero-order valence-electron chi connectivity index (χ0n) is 9.01. The van der Waals surface area contributed by atoms with Gasteiger partial charge in [0.05, 0.1) is 5.56 Å². The van der Waals surface area contributed by atoms with Gasteiger partial charge in [0.1, 0.15) is 0 Å². The topological polar surface area (TPSA) is 55.1 Å². The number of amides is 1. The normalized spacial score (nSPS) is 11.7. The molecule has 0 atom stereocenters. The molecule has 0 fully saturated rings. The first-order valence-corrected chi connectivity index (χ1v) is 5.91. The van der Waals surface area contributed by atoms with E-state index in [-0.39, 0.29) is 6.42 Å². The summed E-state index contributed by atoms with van der Waals surface area (Å²) in [6, 6.07) is 1.64. The van der Waals surface area contributed by atoms with E-state index in [2.05, 4.69) is 5.32 Å². The van der Waals surface area contributed by atoms with Crippen LogP contribution in [-0.2, 0) is 6.54 Å². The molecule has 1 aromatic heterocycles. The summed E-state index contributed by atoms with van der Waals surface area (Å²) in [6.07, 6.45) is -4.82. The molecule has 0 aliphatic rings. The van der Waals surface area contributed by atoms with Crippen LogP contribution in [0.3, 0.4) is 0 Å². The molecule has 3 N–H and O–H groups in total. The SMILES string of the molecule is NC(=O)c1csc(CNCCCC(F)(F)F)c1. The van der Waals surface area contributed by atoms with E-state index in [1.54, 1.807) is 11.4 Å². The smallest absolute Gasteiger partial charge is 0.366 e. The molecule has 0 saturated carbocycles. The lowest BCUT2D eigenvalue weighted by Gasteiger charge is -2.06. The monoisotopic (exact) mass is 266 g/mol. The summed E-state index contributed by atoms with van der Waals surface area (Å²) in [5, 5.41) is 4.52. The third-order valence-electron chi connectivity index (χ3n) is 2.05. The minimum absolute atomic E-state index is 0.0531. The highest BCUT2D eigenvalue weighted by molar-refractivity contribution is 7.10. The highest BCUT2D eigenvalue weighted by Crippen LogP contribution is 2.20. The van der Waals surface area contributed by atoms with E-state index < -0.39 is 18.5 Å². The number of alkyl halides is 3. The van der Waals surface area contributed by atoms with Crippen molar-refractivity contribution in [3.8, 4) is 0 Å². The Kier molecular flexibility index (Phi) is 4.95. The average molecular weight is 266 g/mol. The molecule has 0 aliphatic heterocycles. The number of hydrogen-bond donors (Lipinski definition) is 2. The molecule has 0 unspecified atom stereocenters. The summed E-state index contributed by atoms with van der Waals surface area (Å²) < 4.78 is 35.5. The highest BCUT2D eigenvalue weighted by atomic mass is 32.1. The zero-order chi connectivity index (χ0) is 12.9. The minimum atomic E-state index is -4.09. The molecule has 17 heavy (non-hydrogen) atoms. The van der Waals surface area contributed by atoms with E-state index in [4.69, 9.17) is 5.73 Å². The van der Waals surface area contributed by atoms with Crippen molar-refractivity contribution >= 4 is 17.2 Å². The Balaban J connectivity index is 2.20. The van der Waals surface area contributed by atoms with Gasteiger partial charge in [-0.25, -0.2) is 0 Å². The number of thiophene rings is 1. The maximum Gasteiger partial charge on any atom is 0.389 e. The van der Waals surface area contributed by atoms with Crippen molar-refractivity contribution in [1.82, 2.24) is 5.32 Å². The van der Waals surface area contributed by atoms with Gasteiger partial charge in [0.25, 0.3) is 0 Å². The number of carbonyl (C=O) groups is 1. The van der Waals surface area contributed by atoms with Gasteiger partial charge in [-0.1, -0.05) is 0 Å². The molecule has 7 heteroatoms. The first kappa shape index (κ1) is 14.0. The maximum absolute atomic E-state index is 11.8. The zero-order valence-corrected chi connectivity index (χ0v) is 9.83. The number of rotatable bonds is 6. The predicted molar refractivity (Wildman–Crippen MR) is 59.8 cm³/mol. The second kappa shape index (κ2) is 6.02. The lowest BCUT2D eigenvalue weighted by molar-refractivity contribution is -0.135. The number of carbonyl (C=O) groups excluding carboxylic acids is 1. The van der Waals surface area contributed by atoms with Crippen molar-refractivity contribution in [1.29, 1.82) is 0 Å². The lowest BCUT2D eigenvalue weighted by Crippen LogP contribution is -2.17. The van der Waals surface area contributed by atoms with Crippen molar-refractivity contribution < 1.29 is 18.0 Å². The standard InChI is InChI=1S/C10H13F3N2OS/c11-10(12,13)2-1-3-15-5-8-4-7(6-17-8)9(14)16/h4,6,15H,1-3,5H2,(H2,14,16). The molecular weight excluding hydrogens is 253 g/mol. The fourth-order valence-corrected chi connectivity index (χ4v) is 2.07. The predicted octanol–water partition coefficient (Wildman–Crippen LogP) is 2.28. The van der Waals surface area contributed by atoms with Crippen LogP contribution in [-0.4, -0.2) is 18.6 Å². The third-order valence-corrected chi connectivity index (χ3v) is 2.99. The van der Waals surface area contributed by atoms with Crippen LogP contribution in [0.1, 0.15) is 28.1 Å². The number of primary amides is 1. The Morgan fingerprint density at radius 1 is 1.47 bits per heavy atom. The fraction of sp³-hybridized carbons (Fsp3) is 0.500. The van der Waals surface area contributed by atoms with E-state index in [0.29, 0.717) is 18.7 Å². The van der Waals surface area contributed by atoms with Gasteiger partial charge in [-0.05, 0) is 19.0 Å². The summed E-state index contributed by atoms with van der Waals surface area (Å²) >= 11 is 1.36. The molecule has 1 aromatic rings. The minimum Gasteiger partial charge on any atom is -0.366 e. The third kappa shape index (κ3) is 5.69. The van der Waals surface area contributed by atoms with E-state index in [9.17, 15) is 18.0 Å². The summed E-state index contributed by atoms with van der Waals surface area (Å²) in [5.74, 6) is -0.496. The highest BCUT2D eigenvalue weighted by Gasteiger charge is 2.25. The first-order valence-electron chi connectivity index (χ1n) is 5.03. The molecule has 1 heterocycles. The van der Waals surface area contributed by atoms with Gasteiger partial charge in [-0.15, -0.1) is 11.3 Å². The van der Waals surface area contributed by atoms with E-state index in [1.165, 1.54) is 11.3 Å². The molecule has 0 saturated heterocycles. The molecule has 0 bridgehead atoms. The summed E-state index contributed by atoms with van der Waals surface area (Å²) in [7, 11) is 0. The van der Waals surface area contributed by atoms with Crippen LogP contribution in [0.4, 0.5) is 13.2 Å². The lowest BCUT2D eigenvalue weighted by atomic mass is 10.3. The summed E-state index contributed by atoms with van der Waals surface area (Å²) in [5.41, 5.74) is 5.51. The van der Waals surface area contributed by atoms with Crippen molar-refractivity contribution in [3.05, 3.63) is 21.9 Å². The quantitative estimate of drug-likeness (QED) is 0.776. The number of nitrogens with two attached hydrogens (primary N) is 1. The van der Waals surface area contributed by atoms with Gasteiger partial charge in [0.15, 0.2) is 0 Å². The molecule has 1 rings (SSSR count). The number of hydrogen-bond acceptors (Lipinski definition) is 3. The van der Waals surface area contributed by atoms with Crippen molar-refractivity contribution in [2.45, 2.75) is 25.6 Å². The molecule has 0 aromatic carbocycles. The Bertz CT molecular complexity index is 376. The van der Waals surface area contributed by atoms with Gasteiger partial charge in [-0.3, -0.25) is 4.79 Å². The first-order chi connectivity index (χ1) is 7.88. The molecular formula is C10H13F3N2OS. The van der Waals surface area contributed by atoms with Crippen LogP contribution >= 0.6 is 11.3 Å². The molecule has 1 amide bonds. The Labute approximate surface area is 101 Å². The number of halogens is 3. The maximum atomic E-state index is 11.8. The second-order valence-electron chi connectivity index (χ2n) is 3.56. The average Bonchev–Trinajstić information content (AvgIpc) is 2.64. The van der Waals surface area contributed by atoms with Crippen molar-refractivity contribution in [3.63, 3.8) is 0 Å². The van der Waals surface area contributed by atoms with E-state index in [1.807, 2.05) is 0 Å². The second-order valence-corrected chi connectivity index (χ2v) is 4.56. The van der Waals surface area contributed by atoms with Gasteiger partial charge < -0.3 is 11.1 Å². The summed E-state index contributed by atoms with van der Waals surface area (Å²) in [4.78, 5) is 11.7. The Morgan fingerprint density at radius 2 is 2.18 bits per heavy atom. The number of nitrogens with one attached hydrogen (secondary N) is 1.